The molecule has 3 rings (SSSR count). The topological polar surface area (TPSA) is 50.7 Å². The molecular weight excluding hydrogens is 252 g/mol. The molecule has 98 valence electrons. The molecule has 20 heavy (non-hydrogen) atoms. The van der Waals surface area contributed by atoms with Crippen LogP contribution in [0.15, 0.2) is 77.6 Å². The van der Waals surface area contributed by atoms with Crippen LogP contribution in [0.25, 0.3) is 0 Å². The number of nitrogens with one attached hydrogen (secondary N) is 1. The van der Waals surface area contributed by atoms with Crippen LogP contribution in [-0.4, -0.2) is 11.7 Å². The van der Waals surface area contributed by atoms with Crippen LogP contribution in [0.4, 0.5) is 5.69 Å². The van der Waals surface area contributed by atoms with Crippen LogP contribution in [0.3, 0.4) is 0 Å². The Morgan fingerprint density at radius 1 is 0.950 bits per heavy atom. The minimum Gasteiger partial charge on any atom is -0.361 e. The molecule has 0 aromatic heterocycles. The van der Waals surface area contributed by atoms with Crippen LogP contribution in [0.1, 0.15) is 5.56 Å². The quantitative estimate of drug-likeness (QED) is 0.685. The lowest BCUT2D eigenvalue weighted by molar-refractivity contribution is -0.136. The average molecular weight is 264 g/mol. The molecule has 1 aliphatic rings. The van der Waals surface area contributed by atoms with Crippen molar-refractivity contribution in [3.05, 3.63) is 78.0 Å². The molecule has 0 spiro atoms. The van der Waals surface area contributed by atoms with Gasteiger partial charge in [0, 0.05) is 17.5 Å². The molecule has 4 nitrogen and oxygen atoms in total. The zero-order chi connectivity index (χ0) is 13.8. The lowest BCUT2D eigenvalue weighted by atomic mass is 10.0. The van der Waals surface area contributed by atoms with Gasteiger partial charge in [-0.25, -0.2) is 4.79 Å². The third kappa shape index (κ3) is 2.44. The second kappa shape index (κ2) is 5.40. The minimum atomic E-state index is -0.452. The standard InChI is InChI=1S/C16H12N2O2/c19-16-14(11-17-13-9-5-2-6-10-13)15(18-20-16)12-7-3-1-4-8-12/h1-11,17H/b14-11+. The third-order valence-corrected chi connectivity index (χ3v) is 2.90. The lowest BCUT2D eigenvalue weighted by Gasteiger charge is -2.02. The van der Waals surface area contributed by atoms with Gasteiger partial charge in [-0.3, -0.25) is 0 Å². The molecule has 0 unspecified atom stereocenters. The van der Waals surface area contributed by atoms with E-state index in [1.54, 1.807) is 6.20 Å². The summed E-state index contributed by atoms with van der Waals surface area (Å²) in [5.41, 5.74) is 2.70. The fraction of sp³-hybridized carbons (Fsp3) is 0. The molecule has 4 heteroatoms. The van der Waals surface area contributed by atoms with Crippen LogP contribution in [0, 0.1) is 0 Å². The maximum absolute atomic E-state index is 11.7. The van der Waals surface area contributed by atoms with Crippen molar-refractivity contribution < 1.29 is 9.63 Å². The maximum atomic E-state index is 11.7. The minimum absolute atomic E-state index is 0.417. The summed E-state index contributed by atoms with van der Waals surface area (Å²) in [6, 6.07) is 19.1. The smallest absolute Gasteiger partial charge is 0.361 e. The monoisotopic (exact) mass is 264 g/mol. The van der Waals surface area contributed by atoms with E-state index in [0.29, 0.717) is 11.3 Å². The van der Waals surface area contributed by atoms with E-state index >= 15 is 0 Å². The van der Waals surface area contributed by atoms with Crippen LogP contribution in [-0.2, 0) is 9.63 Å². The Hall–Kier alpha value is -2.88. The first-order valence-electron chi connectivity index (χ1n) is 6.21. The number of oxime groups is 1. The van der Waals surface area contributed by atoms with E-state index in [-0.39, 0.29) is 0 Å². The Morgan fingerprint density at radius 2 is 1.60 bits per heavy atom. The highest BCUT2D eigenvalue weighted by Gasteiger charge is 2.26. The van der Waals surface area contributed by atoms with Crippen molar-refractivity contribution in [3.8, 4) is 0 Å². The van der Waals surface area contributed by atoms with Crippen LogP contribution in [0.2, 0.25) is 0 Å². The molecule has 0 amide bonds. The summed E-state index contributed by atoms with van der Waals surface area (Å²) in [5.74, 6) is -0.452. The number of carbonyl (C=O) groups excluding carboxylic acids is 1. The molecule has 0 saturated carbocycles. The molecule has 0 aliphatic carbocycles. The van der Waals surface area contributed by atoms with E-state index in [4.69, 9.17) is 4.84 Å². The second-order valence-corrected chi connectivity index (χ2v) is 4.25. The van der Waals surface area contributed by atoms with Gasteiger partial charge in [0.25, 0.3) is 0 Å². The van der Waals surface area contributed by atoms with Crippen molar-refractivity contribution in [1.29, 1.82) is 0 Å². The Bertz CT molecular complexity index is 676. The average Bonchev–Trinajstić information content (AvgIpc) is 2.88. The summed E-state index contributed by atoms with van der Waals surface area (Å²) in [4.78, 5) is 16.5. The van der Waals surface area contributed by atoms with E-state index < -0.39 is 5.97 Å². The summed E-state index contributed by atoms with van der Waals surface area (Å²) < 4.78 is 0. The first-order chi connectivity index (χ1) is 9.84. The fourth-order valence-corrected chi connectivity index (χ4v) is 1.90. The molecule has 0 atom stereocenters. The van der Waals surface area contributed by atoms with Crippen LogP contribution in [0.5, 0.6) is 0 Å². The Labute approximate surface area is 116 Å². The van der Waals surface area contributed by atoms with Crippen molar-refractivity contribution in [2.45, 2.75) is 0 Å². The molecule has 0 saturated heterocycles. The van der Waals surface area contributed by atoms with Gasteiger partial charge < -0.3 is 10.2 Å². The lowest BCUT2D eigenvalue weighted by Crippen LogP contribution is -2.09. The van der Waals surface area contributed by atoms with Crippen molar-refractivity contribution >= 4 is 17.4 Å². The number of benzene rings is 2. The van der Waals surface area contributed by atoms with Gasteiger partial charge in [0.2, 0.25) is 0 Å². The Morgan fingerprint density at radius 3 is 2.30 bits per heavy atom. The number of nitrogens with zero attached hydrogens (tertiary/aromatic N) is 1. The van der Waals surface area contributed by atoms with E-state index in [2.05, 4.69) is 10.5 Å². The molecule has 1 aliphatic heterocycles. The van der Waals surface area contributed by atoms with E-state index in [1.165, 1.54) is 0 Å². The summed E-state index contributed by atoms with van der Waals surface area (Å²) in [7, 11) is 0. The van der Waals surface area contributed by atoms with Crippen molar-refractivity contribution in [2.75, 3.05) is 5.32 Å². The van der Waals surface area contributed by atoms with Gasteiger partial charge >= 0.3 is 5.97 Å². The van der Waals surface area contributed by atoms with E-state index in [9.17, 15) is 4.79 Å². The van der Waals surface area contributed by atoms with Gasteiger partial charge in [0.05, 0.1) is 0 Å². The van der Waals surface area contributed by atoms with Gasteiger partial charge in [-0.2, -0.15) is 0 Å². The molecule has 1 heterocycles. The number of anilines is 1. The van der Waals surface area contributed by atoms with Crippen molar-refractivity contribution in [1.82, 2.24) is 0 Å². The Kier molecular flexibility index (Phi) is 3.29. The molecule has 0 radical (unpaired) electrons. The molecule has 2 aromatic rings. The van der Waals surface area contributed by atoms with Gasteiger partial charge in [-0.1, -0.05) is 53.7 Å². The van der Waals surface area contributed by atoms with E-state index in [0.717, 1.165) is 11.3 Å². The zero-order valence-electron chi connectivity index (χ0n) is 10.6. The number of para-hydroxylation sites is 1. The third-order valence-electron chi connectivity index (χ3n) is 2.90. The van der Waals surface area contributed by atoms with Gasteiger partial charge in [-0.05, 0) is 12.1 Å². The second-order valence-electron chi connectivity index (χ2n) is 4.25. The van der Waals surface area contributed by atoms with Crippen LogP contribution >= 0.6 is 0 Å². The first kappa shape index (κ1) is 12.2. The highest BCUT2D eigenvalue weighted by atomic mass is 16.7. The predicted molar refractivity (Wildman–Crippen MR) is 77.2 cm³/mol. The van der Waals surface area contributed by atoms with Gasteiger partial charge in [-0.15, -0.1) is 0 Å². The zero-order valence-corrected chi connectivity index (χ0v) is 10.6. The molecule has 0 bridgehead atoms. The largest absolute Gasteiger partial charge is 0.369 e. The number of rotatable bonds is 3. The van der Waals surface area contributed by atoms with Gasteiger partial charge in [0.15, 0.2) is 0 Å². The van der Waals surface area contributed by atoms with Crippen molar-refractivity contribution in [3.63, 3.8) is 0 Å². The van der Waals surface area contributed by atoms with Crippen LogP contribution < -0.4 is 5.32 Å². The molecule has 1 N–H and O–H groups in total. The van der Waals surface area contributed by atoms with E-state index in [1.807, 2.05) is 60.7 Å². The van der Waals surface area contributed by atoms with Crippen molar-refractivity contribution in [2.24, 2.45) is 5.16 Å². The summed E-state index contributed by atoms with van der Waals surface area (Å²) in [5, 5.41) is 6.91. The number of hydrogen-bond donors (Lipinski definition) is 1. The summed E-state index contributed by atoms with van der Waals surface area (Å²) in [6.45, 7) is 0. The number of carbonyl (C=O) groups is 1. The SMILES string of the molecule is O=C1ON=C(c2ccccc2)/C1=C\Nc1ccccc1. The molecular formula is C16H12N2O2. The maximum Gasteiger partial charge on any atom is 0.369 e. The highest BCUT2D eigenvalue weighted by molar-refractivity contribution is 6.28. The summed E-state index contributed by atoms with van der Waals surface area (Å²) in [6.07, 6.45) is 1.62. The molecule has 2 aromatic carbocycles. The first-order valence-corrected chi connectivity index (χ1v) is 6.21. The summed E-state index contributed by atoms with van der Waals surface area (Å²) >= 11 is 0. The molecule has 0 fully saturated rings. The Balaban J connectivity index is 1.87. The predicted octanol–water partition coefficient (Wildman–Crippen LogP) is 2.94. The van der Waals surface area contributed by atoms with Gasteiger partial charge in [0.1, 0.15) is 11.3 Å². The fourth-order valence-electron chi connectivity index (χ4n) is 1.90. The highest BCUT2D eigenvalue weighted by Crippen LogP contribution is 2.18. The normalized spacial score (nSPS) is 15.9. The number of hydrogen-bond acceptors (Lipinski definition) is 4.